The smallest absolute Gasteiger partial charge is 0.338 e. The fourth-order valence-electron chi connectivity index (χ4n) is 3.86. The molecule has 0 aromatic heterocycles. The van der Waals surface area contributed by atoms with Crippen molar-refractivity contribution in [2.45, 2.75) is 24.6 Å². The van der Waals surface area contributed by atoms with Gasteiger partial charge in [0.25, 0.3) is 0 Å². The van der Waals surface area contributed by atoms with Gasteiger partial charge >= 0.3 is 17.9 Å². The van der Waals surface area contributed by atoms with E-state index in [9.17, 15) is 14.4 Å². The van der Waals surface area contributed by atoms with Crippen LogP contribution in [0.2, 0.25) is 0 Å². The molecule has 0 radical (unpaired) electrons. The molecule has 0 spiro atoms. The molecule has 1 aliphatic heterocycles. The molecule has 3 aromatic rings. The average molecular weight is 589 g/mol. The van der Waals surface area contributed by atoms with Gasteiger partial charge in [-0.3, -0.25) is 4.79 Å². The third kappa shape index (κ3) is 7.88. The second-order valence-electron chi connectivity index (χ2n) is 8.46. The Labute approximate surface area is 240 Å². The van der Waals surface area contributed by atoms with Gasteiger partial charge in [-0.25, -0.2) is 9.59 Å². The molecule has 0 aliphatic carbocycles. The van der Waals surface area contributed by atoms with Crippen molar-refractivity contribution < 1.29 is 42.8 Å². The number of carbonyl (C=O) groups excluding carboxylic acids is 3. The maximum absolute atomic E-state index is 13.0. The van der Waals surface area contributed by atoms with E-state index in [1.165, 1.54) is 0 Å². The number of carbonyl (C=O) groups is 3. The van der Waals surface area contributed by atoms with Gasteiger partial charge in [-0.1, -0.05) is 36.4 Å². The normalized spacial score (nSPS) is 19.9. The van der Waals surface area contributed by atoms with Crippen molar-refractivity contribution in [3.63, 3.8) is 0 Å². The minimum absolute atomic E-state index is 0.266. The molecule has 40 heavy (non-hydrogen) atoms. The maximum atomic E-state index is 13.0. The molecule has 4 atom stereocenters. The van der Waals surface area contributed by atoms with Crippen LogP contribution < -0.4 is 9.47 Å². The van der Waals surface area contributed by atoms with Crippen molar-refractivity contribution in [1.82, 2.24) is 0 Å². The SMILES string of the molecule is O=C(CCl)O[C@@H]1[C@@H](Oc2ccc(OCCCl)cc2)O[C@H](COC(=O)c2ccccc2)[C@H]1OC(=O)c1ccccc1. The molecular weight excluding hydrogens is 563 g/mol. The van der Waals surface area contributed by atoms with Crippen molar-refractivity contribution in [1.29, 1.82) is 0 Å². The van der Waals surface area contributed by atoms with Crippen molar-refractivity contribution in [3.8, 4) is 11.5 Å². The second-order valence-corrected chi connectivity index (χ2v) is 9.10. The summed E-state index contributed by atoms with van der Waals surface area (Å²) in [5.41, 5.74) is 0.592. The fraction of sp³-hybridized carbons (Fsp3) is 0.276. The van der Waals surface area contributed by atoms with Gasteiger partial charge in [0.1, 0.15) is 36.7 Å². The van der Waals surface area contributed by atoms with Gasteiger partial charge in [0.2, 0.25) is 12.4 Å². The highest BCUT2D eigenvalue weighted by atomic mass is 35.5. The van der Waals surface area contributed by atoms with E-state index in [0.717, 1.165) is 0 Å². The lowest BCUT2D eigenvalue weighted by atomic mass is 10.1. The zero-order valence-corrected chi connectivity index (χ0v) is 22.7. The van der Waals surface area contributed by atoms with Crippen molar-refractivity contribution in [2.24, 2.45) is 0 Å². The summed E-state index contributed by atoms with van der Waals surface area (Å²) in [6, 6.07) is 23.2. The summed E-state index contributed by atoms with van der Waals surface area (Å²) in [4.78, 5) is 37.8. The van der Waals surface area contributed by atoms with E-state index in [1.54, 1.807) is 84.9 Å². The Bertz CT molecular complexity index is 1260. The summed E-state index contributed by atoms with van der Waals surface area (Å²) < 4.78 is 34.2. The Morgan fingerprint density at radius 2 is 1.32 bits per heavy atom. The number of ether oxygens (including phenoxy) is 6. The van der Waals surface area contributed by atoms with Crippen LogP contribution in [-0.4, -0.2) is 67.5 Å². The average Bonchev–Trinajstić information content (AvgIpc) is 3.30. The molecule has 9 nitrogen and oxygen atoms in total. The van der Waals surface area contributed by atoms with Gasteiger partial charge in [0, 0.05) is 0 Å². The summed E-state index contributed by atoms with van der Waals surface area (Å²) in [6.45, 7) is 0.0161. The molecule has 1 heterocycles. The molecule has 11 heteroatoms. The summed E-state index contributed by atoms with van der Waals surface area (Å²) >= 11 is 11.4. The number of esters is 3. The first-order valence-corrected chi connectivity index (χ1v) is 13.4. The van der Waals surface area contributed by atoms with Gasteiger partial charge in [0.15, 0.2) is 6.10 Å². The van der Waals surface area contributed by atoms with Gasteiger partial charge in [0.05, 0.1) is 17.0 Å². The van der Waals surface area contributed by atoms with Crippen LogP contribution in [0.1, 0.15) is 20.7 Å². The van der Waals surface area contributed by atoms with Crippen LogP contribution in [0, 0.1) is 0 Å². The van der Waals surface area contributed by atoms with E-state index < -0.39 is 48.4 Å². The lowest BCUT2D eigenvalue weighted by molar-refractivity contribution is -0.165. The predicted octanol–water partition coefficient (Wildman–Crippen LogP) is 4.64. The highest BCUT2D eigenvalue weighted by Gasteiger charge is 2.51. The Balaban J connectivity index is 1.56. The summed E-state index contributed by atoms with van der Waals surface area (Å²) in [5, 5.41) is 0. The highest BCUT2D eigenvalue weighted by molar-refractivity contribution is 6.26. The molecule has 1 saturated heterocycles. The molecule has 1 aliphatic rings. The number of halogens is 2. The predicted molar refractivity (Wildman–Crippen MR) is 145 cm³/mol. The Hall–Kier alpha value is -3.79. The van der Waals surface area contributed by atoms with Crippen molar-refractivity contribution in [2.75, 3.05) is 25.0 Å². The topological polar surface area (TPSA) is 107 Å². The zero-order valence-electron chi connectivity index (χ0n) is 21.2. The molecule has 0 amide bonds. The Kier molecular flexibility index (Phi) is 10.6. The molecule has 3 aromatic carbocycles. The van der Waals surface area contributed by atoms with Crippen LogP contribution in [-0.2, 0) is 23.7 Å². The van der Waals surface area contributed by atoms with E-state index >= 15 is 0 Å². The van der Waals surface area contributed by atoms with E-state index in [0.29, 0.717) is 29.5 Å². The largest absolute Gasteiger partial charge is 0.492 e. The minimum Gasteiger partial charge on any atom is -0.492 e. The first-order valence-electron chi connectivity index (χ1n) is 12.3. The van der Waals surface area contributed by atoms with Crippen LogP contribution in [0.4, 0.5) is 0 Å². The Morgan fingerprint density at radius 3 is 1.93 bits per heavy atom. The van der Waals surface area contributed by atoms with E-state index in [4.69, 9.17) is 51.6 Å². The number of hydrogen-bond donors (Lipinski definition) is 0. The standard InChI is InChI=1S/C29H26Cl2O9/c30-15-16-35-21-11-13-22(14-12-21)37-29-26(39-24(32)17-31)25(40-28(34)20-9-5-2-6-10-20)23(38-29)18-36-27(33)19-7-3-1-4-8-19/h1-14,23,25-26,29H,15-18H2/t23-,25-,26+,29+/m1/s1. The van der Waals surface area contributed by atoms with Gasteiger partial charge in [-0.15, -0.1) is 23.2 Å². The maximum Gasteiger partial charge on any atom is 0.338 e. The van der Waals surface area contributed by atoms with E-state index in [-0.39, 0.29) is 12.2 Å². The van der Waals surface area contributed by atoms with Crippen molar-refractivity contribution in [3.05, 3.63) is 96.1 Å². The second kappa shape index (κ2) is 14.6. The first kappa shape index (κ1) is 29.2. The summed E-state index contributed by atoms with van der Waals surface area (Å²) in [5.74, 6) is -1.28. The molecule has 210 valence electrons. The molecule has 1 fully saturated rings. The number of alkyl halides is 2. The minimum atomic E-state index is -1.23. The third-order valence-electron chi connectivity index (χ3n) is 5.71. The first-order chi connectivity index (χ1) is 19.5. The molecule has 0 bridgehead atoms. The van der Waals surface area contributed by atoms with Crippen LogP contribution in [0.5, 0.6) is 11.5 Å². The highest BCUT2D eigenvalue weighted by Crippen LogP contribution is 2.31. The molecule has 0 N–H and O–H groups in total. The molecule has 0 saturated carbocycles. The quantitative estimate of drug-likeness (QED) is 0.170. The van der Waals surface area contributed by atoms with E-state index in [2.05, 4.69) is 0 Å². The lowest BCUT2D eigenvalue weighted by Crippen LogP contribution is -2.43. The monoisotopic (exact) mass is 588 g/mol. The van der Waals surface area contributed by atoms with Gasteiger partial charge < -0.3 is 28.4 Å². The molecular formula is C29H26Cl2O9. The van der Waals surface area contributed by atoms with Crippen LogP contribution >= 0.6 is 23.2 Å². The Morgan fingerprint density at radius 1 is 0.725 bits per heavy atom. The third-order valence-corrected chi connectivity index (χ3v) is 6.08. The van der Waals surface area contributed by atoms with Crippen LogP contribution in [0.15, 0.2) is 84.9 Å². The summed E-state index contributed by atoms with van der Waals surface area (Å²) in [7, 11) is 0. The fourth-order valence-corrected chi connectivity index (χ4v) is 4.00. The van der Waals surface area contributed by atoms with Crippen molar-refractivity contribution >= 4 is 41.1 Å². The number of hydrogen-bond acceptors (Lipinski definition) is 9. The molecule has 0 unspecified atom stereocenters. The van der Waals surface area contributed by atoms with Crippen LogP contribution in [0.3, 0.4) is 0 Å². The number of rotatable bonds is 12. The van der Waals surface area contributed by atoms with E-state index in [1.807, 2.05) is 0 Å². The molecule has 4 rings (SSSR count). The number of benzene rings is 3. The summed E-state index contributed by atoms with van der Waals surface area (Å²) in [6.07, 6.45) is -4.69. The van der Waals surface area contributed by atoms with Crippen LogP contribution in [0.25, 0.3) is 0 Å². The van der Waals surface area contributed by atoms with Gasteiger partial charge in [-0.05, 0) is 48.5 Å². The lowest BCUT2D eigenvalue weighted by Gasteiger charge is -2.24. The zero-order chi connectivity index (χ0) is 28.3. The van der Waals surface area contributed by atoms with Gasteiger partial charge in [-0.2, -0.15) is 0 Å².